The largest absolute Gasteiger partial charge is 0.347 e. The third-order valence-electron chi connectivity index (χ3n) is 5.19. The second kappa shape index (κ2) is 9.89. The first-order chi connectivity index (χ1) is 14.9. The van der Waals surface area contributed by atoms with Gasteiger partial charge in [-0.05, 0) is 62.9 Å². The second-order valence-corrected chi connectivity index (χ2v) is 7.64. The molecule has 6 nitrogen and oxygen atoms in total. The summed E-state index contributed by atoms with van der Waals surface area (Å²) >= 11 is 0. The number of nitrogens with one attached hydrogen (secondary N) is 2. The fourth-order valence-corrected chi connectivity index (χ4v) is 3.51. The molecular weight excluding hydrogens is 388 g/mol. The fourth-order valence-electron chi connectivity index (χ4n) is 3.51. The molecule has 160 valence electrons. The minimum atomic E-state index is -0.785. The first-order valence-corrected chi connectivity index (χ1v) is 10.3. The van der Waals surface area contributed by atoms with Crippen molar-refractivity contribution in [3.8, 4) is 5.69 Å². The van der Waals surface area contributed by atoms with Gasteiger partial charge in [0.05, 0.1) is 6.21 Å². The highest BCUT2D eigenvalue weighted by molar-refractivity contribution is 6.35. The lowest BCUT2D eigenvalue weighted by Gasteiger charge is -2.13. The predicted octanol–water partition coefficient (Wildman–Crippen LogP) is 3.52. The zero-order valence-electron chi connectivity index (χ0n) is 18.4. The fraction of sp³-hybridized carbons (Fsp3) is 0.240. The number of carbonyl (C=O) groups excluding carboxylic acids is 2. The van der Waals surface area contributed by atoms with E-state index in [4.69, 9.17) is 0 Å². The Bertz CT molecular complexity index is 1110. The van der Waals surface area contributed by atoms with Gasteiger partial charge in [-0.2, -0.15) is 5.10 Å². The monoisotopic (exact) mass is 416 g/mol. The zero-order valence-corrected chi connectivity index (χ0v) is 18.4. The molecule has 1 heterocycles. The highest BCUT2D eigenvalue weighted by atomic mass is 16.2. The quantitative estimate of drug-likeness (QED) is 0.367. The van der Waals surface area contributed by atoms with E-state index in [9.17, 15) is 9.59 Å². The lowest BCUT2D eigenvalue weighted by atomic mass is 10.1. The lowest BCUT2D eigenvalue weighted by Crippen LogP contribution is -2.38. The predicted molar refractivity (Wildman–Crippen MR) is 124 cm³/mol. The summed E-state index contributed by atoms with van der Waals surface area (Å²) in [5, 5.41) is 6.59. The molecule has 0 aliphatic heterocycles. The summed E-state index contributed by atoms with van der Waals surface area (Å²) in [4.78, 5) is 23.9. The van der Waals surface area contributed by atoms with Gasteiger partial charge in [-0.15, -0.1) is 0 Å². The molecule has 2 aromatic carbocycles. The average Bonchev–Trinajstić information content (AvgIpc) is 3.03. The van der Waals surface area contributed by atoms with Crippen molar-refractivity contribution in [1.82, 2.24) is 15.3 Å². The number of hydrogen-bond donors (Lipinski definition) is 2. The molecule has 0 spiro atoms. The smallest absolute Gasteiger partial charge is 0.329 e. The number of amides is 2. The second-order valence-electron chi connectivity index (χ2n) is 7.64. The van der Waals surface area contributed by atoms with Crippen molar-refractivity contribution in [1.29, 1.82) is 0 Å². The average molecular weight is 417 g/mol. The van der Waals surface area contributed by atoms with Crippen LogP contribution in [-0.2, 0) is 16.0 Å². The van der Waals surface area contributed by atoms with Crippen LogP contribution in [0.15, 0.2) is 59.7 Å². The molecule has 6 heteroatoms. The first-order valence-electron chi connectivity index (χ1n) is 10.3. The van der Waals surface area contributed by atoms with E-state index < -0.39 is 11.8 Å². The van der Waals surface area contributed by atoms with E-state index in [1.807, 2.05) is 50.2 Å². The number of carbonyl (C=O) groups is 2. The first kappa shape index (κ1) is 22.0. The highest BCUT2D eigenvalue weighted by Gasteiger charge is 2.13. The van der Waals surface area contributed by atoms with Gasteiger partial charge in [0.1, 0.15) is 0 Å². The Balaban J connectivity index is 1.60. The molecule has 3 rings (SSSR count). The summed E-state index contributed by atoms with van der Waals surface area (Å²) in [7, 11) is 0. The van der Waals surface area contributed by atoms with Crippen molar-refractivity contribution >= 4 is 18.0 Å². The molecule has 0 bridgehead atoms. The van der Waals surface area contributed by atoms with Crippen LogP contribution in [0.2, 0.25) is 0 Å². The number of rotatable bonds is 6. The highest BCUT2D eigenvalue weighted by Crippen LogP contribution is 2.23. The molecular formula is C25H28N4O2. The number of aromatic nitrogens is 1. The minimum Gasteiger partial charge on any atom is -0.347 e. The van der Waals surface area contributed by atoms with E-state index >= 15 is 0 Å². The lowest BCUT2D eigenvalue weighted by molar-refractivity contribution is -0.139. The molecule has 0 saturated carbocycles. The van der Waals surface area contributed by atoms with Crippen LogP contribution in [0.1, 0.15) is 33.6 Å². The van der Waals surface area contributed by atoms with Gasteiger partial charge < -0.3 is 9.88 Å². The Kier molecular flexibility index (Phi) is 7.03. The molecule has 31 heavy (non-hydrogen) atoms. The van der Waals surface area contributed by atoms with E-state index in [2.05, 4.69) is 52.5 Å². The van der Waals surface area contributed by atoms with Crippen molar-refractivity contribution in [2.75, 3.05) is 6.54 Å². The summed E-state index contributed by atoms with van der Waals surface area (Å²) in [5.74, 6) is -1.48. The molecule has 0 fully saturated rings. The Labute approximate surface area is 183 Å². The number of nitrogens with zero attached hydrogens (tertiary/aromatic N) is 2. The third-order valence-corrected chi connectivity index (χ3v) is 5.19. The normalized spacial score (nSPS) is 11.0. The maximum absolute atomic E-state index is 12.0. The Hall–Kier alpha value is -3.67. The van der Waals surface area contributed by atoms with E-state index in [-0.39, 0.29) is 0 Å². The van der Waals surface area contributed by atoms with Gasteiger partial charge in [0.2, 0.25) is 0 Å². The van der Waals surface area contributed by atoms with Gasteiger partial charge >= 0.3 is 11.8 Å². The van der Waals surface area contributed by atoms with Crippen LogP contribution in [0.5, 0.6) is 0 Å². The van der Waals surface area contributed by atoms with Crippen molar-refractivity contribution in [3.63, 3.8) is 0 Å². The summed E-state index contributed by atoms with van der Waals surface area (Å²) in [6.45, 7) is 8.58. The molecule has 3 aromatic rings. The van der Waals surface area contributed by atoms with Gasteiger partial charge in [0, 0.05) is 29.2 Å². The standard InChI is InChI=1S/C25H28N4O2/c1-17-10-11-18(2)23(14-17)29-19(3)15-22(20(29)4)16-27-28-25(31)24(30)26-13-12-21-8-6-5-7-9-21/h5-11,14-16H,12-13H2,1-4H3,(H,26,30)(H,28,31)/b27-16-. The van der Waals surface area contributed by atoms with Crippen LogP contribution >= 0.6 is 0 Å². The van der Waals surface area contributed by atoms with Gasteiger partial charge in [-0.25, -0.2) is 5.43 Å². The van der Waals surface area contributed by atoms with Crippen LogP contribution in [0.4, 0.5) is 0 Å². The number of hydrazone groups is 1. The molecule has 1 aromatic heterocycles. The topological polar surface area (TPSA) is 75.5 Å². The molecule has 2 N–H and O–H groups in total. The van der Waals surface area contributed by atoms with Crippen molar-refractivity contribution in [2.45, 2.75) is 34.1 Å². The van der Waals surface area contributed by atoms with Gasteiger partial charge in [-0.1, -0.05) is 42.5 Å². The van der Waals surface area contributed by atoms with Gasteiger partial charge in [-0.3, -0.25) is 9.59 Å². The molecule has 0 atom stereocenters. The summed E-state index contributed by atoms with van der Waals surface area (Å²) in [5.41, 5.74) is 9.85. The van der Waals surface area contributed by atoms with E-state index in [1.165, 1.54) is 11.1 Å². The summed E-state index contributed by atoms with van der Waals surface area (Å²) < 4.78 is 2.17. The number of hydrogen-bond acceptors (Lipinski definition) is 3. The van der Waals surface area contributed by atoms with Crippen molar-refractivity contribution < 1.29 is 9.59 Å². The van der Waals surface area contributed by atoms with Crippen LogP contribution in [-0.4, -0.2) is 29.1 Å². The molecule has 0 radical (unpaired) electrons. The number of aryl methyl sites for hydroxylation is 3. The number of benzene rings is 2. The summed E-state index contributed by atoms with van der Waals surface area (Å²) in [6, 6.07) is 18.1. The Morgan fingerprint density at radius 2 is 1.71 bits per heavy atom. The van der Waals surface area contributed by atoms with Gasteiger partial charge in [0.25, 0.3) is 0 Å². The molecule has 0 aliphatic rings. The third kappa shape index (κ3) is 5.48. The van der Waals surface area contributed by atoms with Crippen LogP contribution < -0.4 is 10.7 Å². The van der Waals surface area contributed by atoms with Crippen LogP contribution in [0, 0.1) is 27.7 Å². The Morgan fingerprint density at radius 3 is 2.45 bits per heavy atom. The zero-order chi connectivity index (χ0) is 22.4. The van der Waals surface area contributed by atoms with E-state index in [1.54, 1.807) is 6.21 Å². The summed E-state index contributed by atoms with van der Waals surface area (Å²) in [6.07, 6.45) is 2.23. The van der Waals surface area contributed by atoms with E-state index in [0.717, 1.165) is 28.2 Å². The maximum Gasteiger partial charge on any atom is 0.329 e. The van der Waals surface area contributed by atoms with E-state index in [0.29, 0.717) is 13.0 Å². The Morgan fingerprint density at radius 1 is 0.968 bits per heavy atom. The minimum absolute atomic E-state index is 0.386. The van der Waals surface area contributed by atoms with Crippen molar-refractivity contribution in [3.05, 3.63) is 88.2 Å². The van der Waals surface area contributed by atoms with Gasteiger partial charge in [0.15, 0.2) is 0 Å². The van der Waals surface area contributed by atoms with Crippen molar-refractivity contribution in [2.24, 2.45) is 5.10 Å². The van der Waals surface area contributed by atoms with Crippen LogP contribution in [0.25, 0.3) is 5.69 Å². The van der Waals surface area contributed by atoms with Crippen LogP contribution in [0.3, 0.4) is 0 Å². The molecule has 2 amide bonds. The molecule has 0 aliphatic carbocycles. The maximum atomic E-state index is 12.0. The molecule has 0 unspecified atom stereocenters. The SMILES string of the molecule is Cc1ccc(C)c(-n2c(C)cc(/C=N\NC(=O)C(=O)NCCc3ccccc3)c2C)c1. The molecule has 0 saturated heterocycles.